The van der Waals surface area contributed by atoms with E-state index in [0.717, 1.165) is 50.1 Å². The molecule has 6 atom stereocenters. The molecule has 0 amide bonds. The van der Waals surface area contributed by atoms with Crippen LogP contribution in [0.1, 0.15) is 50.1 Å². The molecule has 494 valence electrons. The third kappa shape index (κ3) is 25.5. The van der Waals surface area contributed by atoms with Crippen molar-refractivity contribution in [2.24, 2.45) is 0 Å². The van der Waals surface area contributed by atoms with Crippen LogP contribution < -0.4 is 23.2 Å². The Morgan fingerprint density at radius 3 is 0.711 bits per heavy atom. The Bertz CT molecular complexity index is 3650. The van der Waals surface area contributed by atoms with Crippen molar-refractivity contribution in [3.63, 3.8) is 0 Å². The highest BCUT2D eigenvalue weighted by Gasteiger charge is 2.52. The molecule has 5 aromatic carbocycles. The molecule has 3 fully saturated rings. The third-order valence-corrected chi connectivity index (χ3v) is 77.4. The van der Waals surface area contributed by atoms with Crippen molar-refractivity contribution in [3.8, 4) is 85.4 Å². The molecule has 0 spiro atoms. The predicted molar refractivity (Wildman–Crippen MR) is 455 cm³/mol. The topological polar surface area (TPSA) is 60.1 Å². The molecule has 97 heavy (non-hydrogen) atoms. The zero-order chi connectivity index (χ0) is 72.7. The third-order valence-electron chi connectivity index (χ3n) is 17.4. The Balaban J connectivity index is 0.000000309. The van der Waals surface area contributed by atoms with E-state index in [9.17, 15) is 0 Å². The lowest BCUT2D eigenvalue weighted by Gasteiger charge is -2.49. The predicted octanol–water partition coefficient (Wildman–Crippen LogP) is 16.7. The van der Waals surface area contributed by atoms with E-state index in [1.807, 2.05) is 103 Å². The van der Waals surface area contributed by atoms with Crippen LogP contribution in [-0.2, 0) is 0 Å². The van der Waals surface area contributed by atoms with Gasteiger partial charge in [-0.15, -0.1) is 118 Å². The Morgan fingerprint density at radius 1 is 0.258 bits per heavy atom. The fourth-order valence-electron chi connectivity index (χ4n) is 12.2. The van der Waals surface area contributed by atoms with Crippen molar-refractivity contribution in [2.45, 2.75) is 74.2 Å². The van der Waals surface area contributed by atoms with Crippen LogP contribution in [-0.4, -0.2) is 82.4 Å². The second kappa shape index (κ2) is 37.9. The molecule has 3 aliphatic rings. The summed E-state index contributed by atoms with van der Waals surface area (Å²) in [5.74, 6) is 25.2. The summed E-state index contributed by atoms with van der Waals surface area (Å²) in [4.78, 5) is 0. The Labute approximate surface area is 597 Å². The summed E-state index contributed by atoms with van der Waals surface area (Å²) in [6.07, 6.45) is 25.9. The van der Waals surface area contributed by atoms with Crippen LogP contribution in [0.2, 0.25) is 74.2 Å². The number of rotatable bonds is 13. The largest absolute Gasteiger partial charge is 0.341 e. The van der Waals surface area contributed by atoms with Crippen molar-refractivity contribution < 1.29 is 0 Å². The molecule has 6 unspecified atom stereocenters. The first-order valence-corrected chi connectivity index (χ1v) is 58.6. The van der Waals surface area contributed by atoms with Crippen LogP contribution in [0.4, 0.5) is 0 Å². The van der Waals surface area contributed by atoms with Gasteiger partial charge >= 0.3 is 0 Å². The molecule has 5 N–H and O–H groups in total. The fourth-order valence-corrected chi connectivity index (χ4v) is 88.2. The van der Waals surface area contributed by atoms with Crippen molar-refractivity contribution in [1.29, 1.82) is 0 Å². The molecule has 3 aliphatic heterocycles. The zero-order valence-electron chi connectivity index (χ0n) is 58.7. The fraction of sp³-hybridized carbons (Fsp3) is 0.146. The van der Waals surface area contributed by atoms with Gasteiger partial charge < -0.3 is 23.2 Å². The summed E-state index contributed by atoms with van der Waals surface area (Å²) >= 11 is 0. The quantitative estimate of drug-likeness (QED) is 0.0601. The molecule has 0 aliphatic carbocycles. The maximum absolute atomic E-state index is 5.21. The summed E-state index contributed by atoms with van der Waals surface area (Å²) in [6, 6.07) is 40.6. The van der Waals surface area contributed by atoms with Gasteiger partial charge in [-0.05, 0) is 127 Å². The number of hydrogen-bond acceptors (Lipinski definition) is 5. The maximum Gasteiger partial charge on any atom is 0.211 e. The first-order valence-electron chi connectivity index (χ1n) is 32.0. The molecule has 0 bridgehead atoms. The second-order valence-electron chi connectivity index (χ2n) is 26.1. The molecular formula is C82H101N5Si10. The van der Waals surface area contributed by atoms with E-state index in [0.29, 0.717) is 0 Å². The van der Waals surface area contributed by atoms with Crippen molar-refractivity contribution in [3.05, 3.63) is 337 Å². The molecule has 5 aromatic rings. The summed E-state index contributed by atoms with van der Waals surface area (Å²) < 4.78 is 19.4. The zero-order valence-corrected chi connectivity index (χ0v) is 68.7. The number of terminal acetylenes is 5. The maximum atomic E-state index is 5.21. The Hall–Kier alpha value is -8.39. The SMILES string of the molecule is C#Cc1cc(C#C)cc(C#C)c1.C#Cc1cccc(C#C)c1.C(#Cc1cccc(C#Cc2ccccc2)c1)c1ccccc1.C=C[Si]1(C)C[Si](C)(C=C)N[Si](C)(C=C)N1.C=C[Si]1(C)C[Si](C)(C=C)N[Si](C)(C=C)N[Si](C)(C=C)N1.C=C[Si]1(C=C)C[Si](C=C)(C=C)C[Si](C=C)(C=C)C1. The number of nitrogens with one attached hydrogen (secondary N) is 5. The van der Waals surface area contributed by atoms with Crippen LogP contribution in [0, 0.1) is 85.4 Å². The lowest BCUT2D eigenvalue weighted by atomic mass is 10.1. The van der Waals surface area contributed by atoms with Gasteiger partial charge in [-0.2, -0.15) is 0 Å². The standard InChI is InChI=1S/C22H14.C15H24Si3.C13H29N3Si4.C12H6.C10H22N2Si3.C10H6/c1-3-8-19(9-4-1)14-16-21-12-7-13-22(18-21)17-15-20-10-5-2-6-11-20;1-7-16(8-2)13-17(9-3,10-4)15-18(11-5,12-6)14-16;1-9-17(5)13-18(6,10-2)15-20(8,12-4)16-19(7,11-3)14-17;1-4-10-7-11(5-2)9-12(6-3)8-10;1-7-13(4)10-14(5,8-2)12-15(6,9-3)11-13;1-3-9-6-5-7-10(4-2)8-9/h1-13,18H;7-12H,1-6,13-15H2;9-12,14-16H,1-4,13H2,5-8H3;1-3,7-9H;7-9,11-12H,1-3,10H2,4-6H3;1-2,5-8H. The van der Waals surface area contributed by atoms with Crippen LogP contribution >= 0.6 is 0 Å². The highest BCUT2D eigenvalue weighted by atomic mass is 28.5. The van der Waals surface area contributed by atoms with E-state index >= 15 is 0 Å². The van der Waals surface area contributed by atoms with Crippen LogP contribution in [0.3, 0.4) is 0 Å². The van der Waals surface area contributed by atoms with Gasteiger partial charge in [-0.25, -0.2) is 0 Å². The normalized spacial score (nSPS) is 24.7. The smallest absolute Gasteiger partial charge is 0.211 e. The molecule has 3 saturated heterocycles. The monoisotopic (exact) mass is 1440 g/mol. The lowest BCUT2D eigenvalue weighted by Crippen LogP contribution is -2.83. The molecule has 15 heteroatoms. The average molecular weight is 1440 g/mol. The van der Waals surface area contributed by atoms with E-state index in [-0.39, 0.29) is 0 Å². The molecule has 0 radical (unpaired) electrons. The Kier molecular flexibility index (Phi) is 32.4. The number of benzene rings is 5. The summed E-state index contributed by atoms with van der Waals surface area (Å²) in [5, 5.41) is 0. The van der Waals surface area contributed by atoms with Crippen molar-refractivity contribution in [2.75, 3.05) is 0 Å². The molecule has 5 nitrogen and oxygen atoms in total. The van der Waals surface area contributed by atoms with Gasteiger partial charge in [0, 0.05) is 50.1 Å². The van der Waals surface area contributed by atoms with Gasteiger partial charge in [0.2, 0.25) is 25.2 Å². The summed E-state index contributed by atoms with van der Waals surface area (Å²) in [7, 11) is -16.8. The molecule has 0 saturated carbocycles. The highest BCUT2D eigenvalue weighted by Crippen LogP contribution is 2.43. The van der Waals surface area contributed by atoms with E-state index in [1.54, 1.807) is 24.3 Å². The van der Waals surface area contributed by atoms with Gasteiger partial charge in [-0.3, -0.25) is 0 Å². The summed E-state index contributed by atoms with van der Waals surface area (Å²) in [5.41, 5.74) is 42.0. The number of hydrogen-bond donors (Lipinski definition) is 5. The van der Waals surface area contributed by atoms with Crippen molar-refractivity contribution >= 4 is 82.4 Å². The second-order valence-corrected chi connectivity index (χ2v) is 69.4. The first kappa shape index (κ1) is 82.8. The van der Waals surface area contributed by atoms with Gasteiger partial charge in [0.05, 0.1) is 24.2 Å². The minimum Gasteiger partial charge on any atom is -0.341 e. The van der Waals surface area contributed by atoms with Gasteiger partial charge in [0.1, 0.15) is 32.9 Å². The van der Waals surface area contributed by atoms with Gasteiger partial charge in [-0.1, -0.05) is 202 Å². The van der Waals surface area contributed by atoms with E-state index in [1.165, 1.54) is 28.3 Å². The molecular weight excluding hydrogens is 1340 g/mol. The van der Waals surface area contributed by atoms with Crippen LogP contribution in [0.15, 0.2) is 287 Å². The van der Waals surface area contributed by atoms with Gasteiger partial charge in [0.15, 0.2) is 0 Å². The lowest BCUT2D eigenvalue weighted by molar-refractivity contribution is 1.12. The highest BCUT2D eigenvalue weighted by molar-refractivity contribution is 7.21. The first-order chi connectivity index (χ1) is 45.9. The minimum atomic E-state index is -1.91. The average Bonchev–Trinajstić information content (AvgIpc) is 0.774. The molecule has 0 aromatic heterocycles. The minimum absolute atomic E-state index is 0.721. The van der Waals surface area contributed by atoms with Gasteiger partial charge in [0.25, 0.3) is 0 Å². The van der Waals surface area contributed by atoms with Crippen molar-refractivity contribution in [1.82, 2.24) is 23.2 Å². The van der Waals surface area contributed by atoms with E-state index in [4.69, 9.17) is 32.1 Å². The molecule has 8 rings (SSSR count). The Morgan fingerprint density at radius 2 is 0.474 bits per heavy atom. The van der Waals surface area contributed by atoms with E-state index < -0.39 is 82.4 Å². The van der Waals surface area contributed by atoms with Crippen LogP contribution in [0.5, 0.6) is 0 Å². The van der Waals surface area contributed by atoms with Crippen LogP contribution in [0.25, 0.3) is 0 Å². The van der Waals surface area contributed by atoms with E-state index in [2.05, 4.69) is 282 Å². The molecule has 3 heterocycles. The summed E-state index contributed by atoms with van der Waals surface area (Å²) in [6.45, 7) is 69.1.